The molecule has 0 bridgehead atoms. The van der Waals surface area contributed by atoms with Crippen LogP contribution < -0.4 is 0 Å². The van der Waals surface area contributed by atoms with Gasteiger partial charge in [0.2, 0.25) is 0 Å². The van der Waals surface area contributed by atoms with E-state index in [0.717, 1.165) is 0 Å². The molecule has 1 fully saturated rings. The third-order valence-corrected chi connectivity index (χ3v) is 1.01. The highest BCUT2D eigenvalue weighted by molar-refractivity contribution is 5.19. The van der Waals surface area contributed by atoms with Crippen molar-refractivity contribution in [2.45, 2.75) is 13.2 Å². The highest BCUT2D eigenvalue weighted by atomic mass is 19.3. The molecule has 0 aromatic heterocycles. The van der Waals surface area contributed by atoms with Crippen LogP contribution in [0.4, 0.5) is 8.78 Å². The lowest BCUT2D eigenvalue weighted by atomic mass is 10.4. The number of ether oxygens (including phenoxy) is 2. The van der Waals surface area contributed by atoms with Gasteiger partial charge in [-0.15, -0.1) is 8.78 Å². The standard InChI is InChI=1S/C6H6F2O2/c1-3-5-4(2)9-6(7,8)10-5/h3H,2H2,1H3/b5-3+. The Labute approximate surface area is 56.7 Å². The maximum Gasteiger partial charge on any atom is 0.586 e. The molecule has 1 aliphatic rings. The van der Waals surface area contributed by atoms with Crippen LogP contribution in [0.3, 0.4) is 0 Å². The summed E-state index contributed by atoms with van der Waals surface area (Å²) in [4.78, 5) is 0. The van der Waals surface area contributed by atoms with Gasteiger partial charge in [-0.25, -0.2) is 0 Å². The second-order valence-electron chi connectivity index (χ2n) is 1.74. The summed E-state index contributed by atoms with van der Waals surface area (Å²) >= 11 is 0. The smallest absolute Gasteiger partial charge is 0.396 e. The maximum absolute atomic E-state index is 12.1. The van der Waals surface area contributed by atoms with Crippen LogP contribution >= 0.6 is 0 Å². The van der Waals surface area contributed by atoms with Crippen molar-refractivity contribution in [3.05, 3.63) is 24.2 Å². The van der Waals surface area contributed by atoms with Gasteiger partial charge in [-0.2, -0.15) is 0 Å². The molecule has 1 heterocycles. The molecule has 0 aliphatic carbocycles. The Morgan fingerprint density at radius 2 is 2.10 bits per heavy atom. The van der Waals surface area contributed by atoms with Crippen LogP contribution in [0.25, 0.3) is 0 Å². The minimum atomic E-state index is -3.53. The van der Waals surface area contributed by atoms with Gasteiger partial charge in [0.25, 0.3) is 0 Å². The molecule has 0 spiro atoms. The van der Waals surface area contributed by atoms with E-state index in [-0.39, 0.29) is 11.5 Å². The van der Waals surface area contributed by atoms with Crippen molar-refractivity contribution in [3.63, 3.8) is 0 Å². The van der Waals surface area contributed by atoms with Crippen molar-refractivity contribution in [2.75, 3.05) is 0 Å². The molecule has 0 aromatic carbocycles. The first-order valence-electron chi connectivity index (χ1n) is 2.66. The second kappa shape index (κ2) is 1.97. The van der Waals surface area contributed by atoms with Gasteiger partial charge in [-0.1, -0.05) is 6.58 Å². The Kier molecular flexibility index (Phi) is 1.39. The Morgan fingerprint density at radius 3 is 2.30 bits per heavy atom. The molecule has 1 rings (SSSR count). The summed E-state index contributed by atoms with van der Waals surface area (Å²) in [5.41, 5.74) is 0. The summed E-state index contributed by atoms with van der Waals surface area (Å²) in [6, 6.07) is 0. The molecule has 0 amide bonds. The molecule has 0 saturated carbocycles. The predicted octanol–water partition coefficient (Wildman–Crippen LogP) is 2.00. The lowest BCUT2D eigenvalue weighted by molar-refractivity contribution is -0.326. The summed E-state index contributed by atoms with van der Waals surface area (Å²) in [7, 11) is 0. The van der Waals surface area contributed by atoms with Crippen molar-refractivity contribution >= 4 is 0 Å². The third-order valence-electron chi connectivity index (χ3n) is 1.01. The van der Waals surface area contributed by atoms with Crippen LogP contribution in [0.5, 0.6) is 0 Å². The monoisotopic (exact) mass is 148 g/mol. The Balaban J connectivity index is 2.81. The lowest BCUT2D eigenvalue weighted by Crippen LogP contribution is -2.14. The molecule has 0 aromatic rings. The van der Waals surface area contributed by atoms with Crippen LogP contribution in [0, 0.1) is 0 Å². The van der Waals surface area contributed by atoms with E-state index in [4.69, 9.17) is 0 Å². The van der Waals surface area contributed by atoms with E-state index in [2.05, 4.69) is 16.1 Å². The summed E-state index contributed by atoms with van der Waals surface area (Å²) in [6.45, 7) is 4.77. The SMILES string of the molecule is C=C1OC(F)(F)O/C1=C/C. The minimum Gasteiger partial charge on any atom is -0.396 e. The van der Waals surface area contributed by atoms with Gasteiger partial charge in [0, 0.05) is 0 Å². The predicted molar refractivity (Wildman–Crippen MR) is 30.0 cm³/mol. The van der Waals surface area contributed by atoms with E-state index in [1.165, 1.54) is 6.08 Å². The van der Waals surface area contributed by atoms with Crippen molar-refractivity contribution in [1.82, 2.24) is 0 Å². The van der Waals surface area contributed by atoms with Crippen molar-refractivity contribution < 1.29 is 18.3 Å². The van der Waals surface area contributed by atoms with Crippen molar-refractivity contribution in [3.8, 4) is 0 Å². The molecule has 0 unspecified atom stereocenters. The summed E-state index contributed by atoms with van der Waals surface area (Å²) in [6.07, 6.45) is -2.16. The lowest BCUT2D eigenvalue weighted by Gasteiger charge is -2.02. The zero-order valence-electron chi connectivity index (χ0n) is 5.36. The fraction of sp³-hybridized carbons (Fsp3) is 0.333. The molecule has 56 valence electrons. The number of halogens is 2. The summed E-state index contributed by atoms with van der Waals surface area (Å²) in [5, 5.41) is 0. The highest BCUT2D eigenvalue weighted by Crippen LogP contribution is 2.35. The average Bonchev–Trinajstić information content (AvgIpc) is 2.05. The zero-order chi connectivity index (χ0) is 7.78. The first kappa shape index (κ1) is 7.05. The van der Waals surface area contributed by atoms with Crippen LogP contribution in [0.1, 0.15) is 6.92 Å². The second-order valence-corrected chi connectivity index (χ2v) is 1.74. The van der Waals surface area contributed by atoms with Gasteiger partial charge in [-0.05, 0) is 13.0 Å². The molecule has 0 N–H and O–H groups in total. The number of hydrogen-bond donors (Lipinski definition) is 0. The molecule has 4 heteroatoms. The average molecular weight is 148 g/mol. The minimum absolute atomic E-state index is 0.00926. The Hall–Kier alpha value is -1.06. The van der Waals surface area contributed by atoms with E-state index >= 15 is 0 Å². The first-order chi connectivity index (χ1) is 4.55. The van der Waals surface area contributed by atoms with Crippen LogP contribution in [-0.2, 0) is 9.47 Å². The fourth-order valence-electron chi connectivity index (χ4n) is 0.619. The topological polar surface area (TPSA) is 18.5 Å². The fourth-order valence-corrected chi connectivity index (χ4v) is 0.619. The molecule has 1 aliphatic heterocycles. The quantitative estimate of drug-likeness (QED) is 0.523. The molecule has 0 atom stereocenters. The molecule has 2 nitrogen and oxygen atoms in total. The largest absolute Gasteiger partial charge is 0.586 e. The number of rotatable bonds is 0. The van der Waals surface area contributed by atoms with Gasteiger partial charge in [-0.3, -0.25) is 0 Å². The third kappa shape index (κ3) is 1.10. The van der Waals surface area contributed by atoms with Gasteiger partial charge in [0.1, 0.15) is 0 Å². The van der Waals surface area contributed by atoms with E-state index in [1.54, 1.807) is 6.92 Å². The van der Waals surface area contributed by atoms with Crippen molar-refractivity contribution in [2.24, 2.45) is 0 Å². The summed E-state index contributed by atoms with van der Waals surface area (Å²) < 4.78 is 32.1. The normalized spacial score (nSPS) is 26.3. The van der Waals surface area contributed by atoms with E-state index in [9.17, 15) is 8.78 Å². The van der Waals surface area contributed by atoms with Crippen molar-refractivity contribution in [1.29, 1.82) is 0 Å². The van der Waals surface area contributed by atoms with Gasteiger partial charge in [0.05, 0.1) is 0 Å². The number of hydrogen-bond acceptors (Lipinski definition) is 2. The molecule has 1 saturated heterocycles. The highest BCUT2D eigenvalue weighted by Gasteiger charge is 2.44. The summed E-state index contributed by atoms with van der Waals surface area (Å²) in [5.74, 6) is -0.141. The molecular weight excluding hydrogens is 142 g/mol. The van der Waals surface area contributed by atoms with Crippen LogP contribution in [0.15, 0.2) is 24.2 Å². The van der Waals surface area contributed by atoms with Crippen LogP contribution in [-0.4, -0.2) is 6.29 Å². The molecular formula is C6H6F2O2. The van der Waals surface area contributed by atoms with E-state index in [0.29, 0.717) is 0 Å². The molecule has 10 heavy (non-hydrogen) atoms. The Morgan fingerprint density at radius 1 is 1.50 bits per heavy atom. The zero-order valence-corrected chi connectivity index (χ0v) is 5.36. The van der Waals surface area contributed by atoms with Crippen LogP contribution in [0.2, 0.25) is 0 Å². The number of allylic oxidation sites excluding steroid dienone is 1. The first-order valence-corrected chi connectivity index (χ1v) is 2.66. The van der Waals surface area contributed by atoms with Gasteiger partial charge >= 0.3 is 6.29 Å². The number of alkyl halides is 2. The van der Waals surface area contributed by atoms with E-state index in [1.807, 2.05) is 0 Å². The van der Waals surface area contributed by atoms with E-state index < -0.39 is 6.29 Å². The molecule has 0 radical (unpaired) electrons. The Bertz CT molecular complexity index is 196. The maximum atomic E-state index is 12.1. The van der Waals surface area contributed by atoms with Gasteiger partial charge in [0.15, 0.2) is 11.5 Å². The van der Waals surface area contributed by atoms with Gasteiger partial charge < -0.3 is 9.47 Å².